The third-order valence-corrected chi connectivity index (χ3v) is 3.59. The fraction of sp³-hybridized carbons (Fsp3) is 0.500. The summed E-state index contributed by atoms with van der Waals surface area (Å²) < 4.78 is 8.46. The molecule has 6 heteroatoms. The molecule has 96 valence electrons. The smallest absolute Gasteiger partial charge is 0.180 e. The number of imidazole rings is 1. The predicted molar refractivity (Wildman–Crippen MR) is 72.9 cm³/mol. The van der Waals surface area contributed by atoms with Crippen LogP contribution in [-0.2, 0) is 4.74 Å². The minimum absolute atomic E-state index is 0.219. The van der Waals surface area contributed by atoms with Gasteiger partial charge in [0.1, 0.15) is 4.60 Å². The van der Waals surface area contributed by atoms with E-state index in [1.165, 1.54) is 0 Å². The van der Waals surface area contributed by atoms with Gasteiger partial charge in [0.2, 0.25) is 0 Å². The largest absolute Gasteiger partial charge is 0.375 e. The Hall–Kier alpha value is -1.14. The van der Waals surface area contributed by atoms with E-state index in [-0.39, 0.29) is 6.10 Å². The Morgan fingerprint density at radius 3 is 3.11 bits per heavy atom. The molecule has 0 radical (unpaired) electrons. The first-order valence-corrected chi connectivity index (χ1v) is 6.82. The molecule has 1 fully saturated rings. The van der Waals surface area contributed by atoms with E-state index in [0.717, 1.165) is 29.2 Å². The summed E-state index contributed by atoms with van der Waals surface area (Å²) in [6, 6.07) is 0.309. The van der Waals surface area contributed by atoms with Crippen LogP contribution < -0.4 is 4.90 Å². The molecule has 2 unspecified atom stereocenters. The quantitative estimate of drug-likeness (QED) is 0.809. The second-order valence-electron chi connectivity index (χ2n) is 4.69. The molecule has 1 aliphatic rings. The van der Waals surface area contributed by atoms with E-state index in [1.54, 1.807) is 6.20 Å². The summed E-state index contributed by atoms with van der Waals surface area (Å²) in [5, 5.41) is 0. The van der Waals surface area contributed by atoms with E-state index in [4.69, 9.17) is 4.74 Å². The molecule has 0 aromatic carbocycles. The van der Waals surface area contributed by atoms with Crippen molar-refractivity contribution in [2.45, 2.75) is 26.0 Å². The van der Waals surface area contributed by atoms with Crippen molar-refractivity contribution in [3.05, 3.63) is 23.2 Å². The molecule has 0 N–H and O–H groups in total. The van der Waals surface area contributed by atoms with Gasteiger partial charge in [0.25, 0.3) is 0 Å². The standard InChI is InChI=1S/C12H15BrN4O/c1-8-7-18-9(2)5-17(8)12-11-14-3-4-16(11)6-10(13)15-12/h3-4,6,8-9H,5,7H2,1-2H3. The maximum absolute atomic E-state index is 5.66. The normalized spacial score (nSPS) is 24.7. The first-order valence-electron chi connectivity index (χ1n) is 6.02. The van der Waals surface area contributed by atoms with Crippen molar-refractivity contribution in [3.63, 3.8) is 0 Å². The number of anilines is 1. The maximum Gasteiger partial charge on any atom is 0.180 e. The van der Waals surface area contributed by atoms with Crippen LogP contribution in [0.4, 0.5) is 5.82 Å². The van der Waals surface area contributed by atoms with Crippen molar-refractivity contribution in [1.29, 1.82) is 0 Å². The summed E-state index contributed by atoms with van der Waals surface area (Å²) in [6.45, 7) is 5.79. The zero-order chi connectivity index (χ0) is 12.7. The molecule has 0 spiro atoms. The van der Waals surface area contributed by atoms with Crippen LogP contribution in [0.1, 0.15) is 13.8 Å². The average molecular weight is 311 g/mol. The van der Waals surface area contributed by atoms with Crippen molar-refractivity contribution >= 4 is 27.4 Å². The van der Waals surface area contributed by atoms with Crippen LogP contribution in [0.2, 0.25) is 0 Å². The molecule has 5 nitrogen and oxygen atoms in total. The van der Waals surface area contributed by atoms with Crippen LogP contribution in [0.15, 0.2) is 23.2 Å². The summed E-state index contributed by atoms with van der Waals surface area (Å²) in [6.07, 6.45) is 5.86. The van der Waals surface area contributed by atoms with Crippen molar-refractivity contribution in [1.82, 2.24) is 14.4 Å². The Balaban J connectivity index is 2.09. The third-order valence-electron chi connectivity index (χ3n) is 3.21. The average Bonchev–Trinajstić information content (AvgIpc) is 2.79. The first kappa shape index (κ1) is 11.9. The number of fused-ring (bicyclic) bond motifs is 1. The van der Waals surface area contributed by atoms with Gasteiger partial charge >= 0.3 is 0 Å². The van der Waals surface area contributed by atoms with E-state index < -0.39 is 0 Å². The Kier molecular flexibility index (Phi) is 2.99. The molecule has 0 amide bonds. The summed E-state index contributed by atoms with van der Waals surface area (Å²) in [5.74, 6) is 0.914. The van der Waals surface area contributed by atoms with E-state index in [2.05, 4.69) is 44.6 Å². The minimum atomic E-state index is 0.219. The topological polar surface area (TPSA) is 42.7 Å². The Morgan fingerprint density at radius 2 is 2.28 bits per heavy atom. The van der Waals surface area contributed by atoms with E-state index in [0.29, 0.717) is 6.04 Å². The van der Waals surface area contributed by atoms with Crippen LogP contribution in [-0.4, -0.2) is 39.7 Å². The number of hydrogen-bond acceptors (Lipinski definition) is 4. The Labute approximate surface area is 114 Å². The van der Waals surface area contributed by atoms with Gasteiger partial charge in [0.15, 0.2) is 11.5 Å². The predicted octanol–water partition coefficient (Wildman–Crippen LogP) is 2.11. The van der Waals surface area contributed by atoms with Crippen molar-refractivity contribution in [2.75, 3.05) is 18.1 Å². The fourth-order valence-corrected chi connectivity index (χ4v) is 2.66. The number of rotatable bonds is 1. The van der Waals surface area contributed by atoms with Gasteiger partial charge in [-0.2, -0.15) is 0 Å². The summed E-state index contributed by atoms with van der Waals surface area (Å²) in [7, 11) is 0. The SMILES string of the molecule is CC1CN(c2nc(Br)cn3ccnc23)C(C)CO1. The highest BCUT2D eigenvalue weighted by Gasteiger charge is 2.26. The van der Waals surface area contributed by atoms with Crippen LogP contribution in [0.3, 0.4) is 0 Å². The number of halogens is 1. The summed E-state index contributed by atoms with van der Waals surface area (Å²) in [4.78, 5) is 11.2. The number of hydrogen-bond donors (Lipinski definition) is 0. The van der Waals surface area contributed by atoms with Gasteiger partial charge in [-0.3, -0.25) is 0 Å². The number of aromatic nitrogens is 3. The zero-order valence-electron chi connectivity index (χ0n) is 10.4. The highest BCUT2D eigenvalue weighted by molar-refractivity contribution is 9.10. The molecular formula is C12H15BrN4O. The molecule has 0 aliphatic carbocycles. The van der Waals surface area contributed by atoms with Gasteiger partial charge in [-0.15, -0.1) is 0 Å². The van der Waals surface area contributed by atoms with Gasteiger partial charge in [-0.25, -0.2) is 9.97 Å². The second-order valence-corrected chi connectivity index (χ2v) is 5.50. The van der Waals surface area contributed by atoms with Crippen LogP contribution in [0.25, 0.3) is 5.65 Å². The molecule has 3 heterocycles. The van der Waals surface area contributed by atoms with E-state index in [1.807, 2.05) is 16.8 Å². The van der Waals surface area contributed by atoms with E-state index >= 15 is 0 Å². The van der Waals surface area contributed by atoms with Gasteiger partial charge in [-0.1, -0.05) is 0 Å². The van der Waals surface area contributed by atoms with Gasteiger partial charge in [0, 0.05) is 25.1 Å². The lowest BCUT2D eigenvalue weighted by Crippen LogP contribution is -2.48. The molecule has 3 rings (SSSR count). The molecule has 1 saturated heterocycles. The monoisotopic (exact) mass is 310 g/mol. The molecule has 2 aromatic heterocycles. The highest BCUT2D eigenvalue weighted by Crippen LogP contribution is 2.25. The second kappa shape index (κ2) is 4.51. The number of ether oxygens (including phenoxy) is 1. The highest BCUT2D eigenvalue weighted by atomic mass is 79.9. The van der Waals surface area contributed by atoms with Crippen LogP contribution in [0, 0.1) is 0 Å². The lowest BCUT2D eigenvalue weighted by molar-refractivity contribution is 0.0341. The Bertz CT molecular complexity index is 570. The van der Waals surface area contributed by atoms with Gasteiger partial charge in [0.05, 0.1) is 18.8 Å². The molecule has 1 aliphatic heterocycles. The minimum Gasteiger partial charge on any atom is -0.375 e. The van der Waals surface area contributed by atoms with Crippen molar-refractivity contribution in [3.8, 4) is 0 Å². The van der Waals surface area contributed by atoms with E-state index in [9.17, 15) is 0 Å². The first-order chi connectivity index (χ1) is 8.65. The summed E-state index contributed by atoms with van der Waals surface area (Å²) in [5.41, 5.74) is 0.888. The molecule has 2 atom stereocenters. The Morgan fingerprint density at radius 1 is 1.44 bits per heavy atom. The van der Waals surface area contributed by atoms with Crippen LogP contribution >= 0.6 is 15.9 Å². The third kappa shape index (κ3) is 1.99. The fourth-order valence-electron chi connectivity index (χ4n) is 2.28. The molecule has 0 saturated carbocycles. The van der Waals surface area contributed by atoms with Crippen LogP contribution in [0.5, 0.6) is 0 Å². The van der Waals surface area contributed by atoms with Crippen molar-refractivity contribution in [2.24, 2.45) is 0 Å². The maximum atomic E-state index is 5.66. The zero-order valence-corrected chi connectivity index (χ0v) is 12.0. The summed E-state index contributed by atoms with van der Waals surface area (Å²) >= 11 is 3.45. The molecule has 2 aromatic rings. The van der Waals surface area contributed by atoms with Gasteiger partial charge < -0.3 is 14.0 Å². The van der Waals surface area contributed by atoms with Gasteiger partial charge in [-0.05, 0) is 29.8 Å². The lowest BCUT2D eigenvalue weighted by atomic mass is 10.2. The molecule has 18 heavy (non-hydrogen) atoms. The number of nitrogens with zero attached hydrogens (tertiary/aromatic N) is 4. The molecule has 0 bridgehead atoms. The lowest BCUT2D eigenvalue weighted by Gasteiger charge is -2.37. The van der Waals surface area contributed by atoms with Crippen molar-refractivity contribution < 1.29 is 4.74 Å². The molecular weight excluding hydrogens is 296 g/mol. The number of morpholine rings is 1.